The van der Waals surface area contributed by atoms with Crippen molar-refractivity contribution in [3.05, 3.63) is 57.8 Å². The lowest BCUT2D eigenvalue weighted by Crippen LogP contribution is -2.39. The van der Waals surface area contributed by atoms with Crippen LogP contribution in [-0.4, -0.2) is 37.6 Å². The summed E-state index contributed by atoms with van der Waals surface area (Å²) in [7, 11) is 1.86. The second-order valence-corrected chi connectivity index (χ2v) is 7.89. The molecule has 1 atom stereocenters. The van der Waals surface area contributed by atoms with Crippen LogP contribution in [0.2, 0.25) is 0 Å². The highest BCUT2D eigenvalue weighted by Crippen LogP contribution is 2.18. The van der Waals surface area contributed by atoms with E-state index in [2.05, 4.69) is 58.5 Å². The van der Waals surface area contributed by atoms with Gasteiger partial charge in [0.25, 0.3) is 0 Å². The summed E-state index contributed by atoms with van der Waals surface area (Å²) >= 11 is 1.84. The fraction of sp³-hybridized carbons (Fsp3) is 0.450. The van der Waals surface area contributed by atoms with Gasteiger partial charge in [-0.15, -0.1) is 11.3 Å². The number of ether oxygens (including phenoxy) is 1. The number of guanidine groups is 1. The van der Waals surface area contributed by atoms with Gasteiger partial charge in [-0.05, 0) is 31.0 Å². The fourth-order valence-electron chi connectivity index (χ4n) is 3.16. The van der Waals surface area contributed by atoms with Gasteiger partial charge in [0, 0.05) is 35.8 Å². The molecule has 1 fully saturated rings. The number of nitrogens with zero attached hydrogens (tertiary/aromatic N) is 2. The Bertz CT molecular complexity index is 683. The maximum absolute atomic E-state index is 5.91. The van der Waals surface area contributed by atoms with E-state index in [4.69, 9.17) is 4.74 Å². The summed E-state index contributed by atoms with van der Waals surface area (Å²) in [5.74, 6) is 1.57. The van der Waals surface area contributed by atoms with Crippen molar-refractivity contribution in [3.63, 3.8) is 0 Å². The molecular formula is C20H27N3OS. The Morgan fingerprint density at radius 1 is 1.28 bits per heavy atom. The van der Waals surface area contributed by atoms with Crippen LogP contribution >= 0.6 is 11.3 Å². The summed E-state index contributed by atoms with van der Waals surface area (Å²) in [6.45, 7) is 6.55. The van der Waals surface area contributed by atoms with Crippen molar-refractivity contribution >= 4 is 17.3 Å². The molecule has 1 saturated heterocycles. The zero-order valence-corrected chi connectivity index (χ0v) is 15.9. The number of rotatable bonds is 6. The number of aryl methyl sites for hydroxylation is 1. The van der Waals surface area contributed by atoms with Gasteiger partial charge >= 0.3 is 0 Å². The van der Waals surface area contributed by atoms with E-state index in [1.807, 2.05) is 24.5 Å². The Morgan fingerprint density at radius 2 is 2.12 bits per heavy atom. The summed E-state index contributed by atoms with van der Waals surface area (Å²) in [6.07, 6.45) is 1.16. The highest BCUT2D eigenvalue weighted by Gasteiger charge is 2.24. The van der Waals surface area contributed by atoms with E-state index in [0.717, 1.165) is 38.6 Å². The van der Waals surface area contributed by atoms with Crippen LogP contribution in [0.5, 0.6) is 0 Å². The predicted molar refractivity (Wildman–Crippen MR) is 105 cm³/mol. The summed E-state index contributed by atoms with van der Waals surface area (Å²) in [6, 6.07) is 14.7. The molecule has 1 unspecified atom stereocenters. The molecule has 4 nitrogen and oxygen atoms in total. The first-order chi connectivity index (χ1) is 12.2. The SMILES string of the molecule is CN=C(NCc1ccc(C)s1)N1CCC(COCc2ccccc2)C1. The van der Waals surface area contributed by atoms with Gasteiger partial charge in [-0.3, -0.25) is 4.99 Å². The first kappa shape index (κ1) is 18.0. The average molecular weight is 358 g/mol. The maximum atomic E-state index is 5.91. The molecule has 5 heteroatoms. The highest BCUT2D eigenvalue weighted by molar-refractivity contribution is 7.11. The molecule has 2 heterocycles. The first-order valence-corrected chi connectivity index (χ1v) is 9.69. The number of thiophene rings is 1. The molecule has 0 radical (unpaired) electrons. The predicted octanol–water partition coefficient (Wildman–Crippen LogP) is 3.67. The Morgan fingerprint density at radius 3 is 2.84 bits per heavy atom. The van der Waals surface area contributed by atoms with Crippen molar-refractivity contribution < 1.29 is 4.74 Å². The van der Waals surface area contributed by atoms with Crippen molar-refractivity contribution in [1.82, 2.24) is 10.2 Å². The molecule has 2 aromatic rings. The summed E-state index contributed by atoms with van der Waals surface area (Å²) in [5.41, 5.74) is 1.24. The largest absolute Gasteiger partial charge is 0.376 e. The van der Waals surface area contributed by atoms with Crippen LogP contribution in [-0.2, 0) is 17.9 Å². The molecule has 1 N–H and O–H groups in total. The lowest BCUT2D eigenvalue weighted by Gasteiger charge is -2.21. The van der Waals surface area contributed by atoms with Crippen LogP contribution < -0.4 is 5.32 Å². The monoisotopic (exact) mass is 357 g/mol. The molecule has 0 saturated carbocycles. The molecular weight excluding hydrogens is 330 g/mol. The van der Waals surface area contributed by atoms with Gasteiger partial charge in [0.05, 0.1) is 19.8 Å². The maximum Gasteiger partial charge on any atom is 0.193 e. The molecule has 0 amide bonds. The molecule has 1 aromatic carbocycles. The first-order valence-electron chi connectivity index (χ1n) is 8.87. The molecule has 25 heavy (non-hydrogen) atoms. The highest BCUT2D eigenvalue weighted by atomic mass is 32.1. The van der Waals surface area contributed by atoms with E-state index in [0.29, 0.717) is 12.5 Å². The van der Waals surface area contributed by atoms with Crippen LogP contribution in [0, 0.1) is 12.8 Å². The third-order valence-corrected chi connectivity index (χ3v) is 5.48. The Balaban J connectivity index is 1.41. The van der Waals surface area contributed by atoms with E-state index in [1.165, 1.54) is 15.3 Å². The second-order valence-electron chi connectivity index (χ2n) is 6.51. The van der Waals surface area contributed by atoms with Crippen LogP contribution in [0.15, 0.2) is 47.5 Å². The van der Waals surface area contributed by atoms with E-state index in [9.17, 15) is 0 Å². The van der Waals surface area contributed by atoms with Crippen LogP contribution in [0.25, 0.3) is 0 Å². The fourth-order valence-corrected chi connectivity index (χ4v) is 3.99. The molecule has 3 rings (SSSR count). The Kier molecular flexibility index (Phi) is 6.48. The number of benzene rings is 1. The van der Waals surface area contributed by atoms with Gasteiger partial charge in [-0.1, -0.05) is 30.3 Å². The minimum absolute atomic E-state index is 0.575. The Hall–Kier alpha value is -1.85. The van der Waals surface area contributed by atoms with Gasteiger partial charge in [-0.25, -0.2) is 0 Å². The number of nitrogens with one attached hydrogen (secondary N) is 1. The molecule has 0 aliphatic carbocycles. The third kappa shape index (κ3) is 5.31. The molecule has 0 bridgehead atoms. The van der Waals surface area contributed by atoms with E-state index < -0.39 is 0 Å². The van der Waals surface area contributed by atoms with Crippen molar-refractivity contribution in [2.75, 3.05) is 26.7 Å². The summed E-state index contributed by atoms with van der Waals surface area (Å²) < 4.78 is 5.91. The smallest absolute Gasteiger partial charge is 0.193 e. The Labute approximate surface area is 154 Å². The summed E-state index contributed by atoms with van der Waals surface area (Å²) in [5, 5.41) is 3.49. The third-order valence-electron chi connectivity index (χ3n) is 4.48. The zero-order valence-electron chi connectivity index (χ0n) is 15.1. The number of hydrogen-bond donors (Lipinski definition) is 1. The topological polar surface area (TPSA) is 36.9 Å². The lowest BCUT2D eigenvalue weighted by atomic mass is 10.1. The molecule has 134 valence electrons. The van der Waals surface area contributed by atoms with Crippen molar-refractivity contribution in [1.29, 1.82) is 0 Å². The van der Waals surface area contributed by atoms with Crippen molar-refractivity contribution in [3.8, 4) is 0 Å². The van der Waals surface area contributed by atoms with Crippen molar-refractivity contribution in [2.45, 2.75) is 26.5 Å². The van der Waals surface area contributed by atoms with Gasteiger partial charge in [0.1, 0.15) is 0 Å². The van der Waals surface area contributed by atoms with Gasteiger partial charge in [0.15, 0.2) is 5.96 Å². The minimum atomic E-state index is 0.575. The molecule has 0 spiro atoms. The van der Waals surface area contributed by atoms with Crippen LogP contribution in [0.1, 0.15) is 21.7 Å². The van der Waals surface area contributed by atoms with E-state index in [-0.39, 0.29) is 0 Å². The zero-order chi connectivity index (χ0) is 17.5. The second kappa shape index (κ2) is 9.02. The molecule has 1 aliphatic rings. The molecule has 1 aliphatic heterocycles. The van der Waals surface area contributed by atoms with Crippen LogP contribution in [0.4, 0.5) is 0 Å². The van der Waals surface area contributed by atoms with Gasteiger partial charge in [0.2, 0.25) is 0 Å². The quantitative estimate of drug-likeness (QED) is 0.633. The lowest BCUT2D eigenvalue weighted by molar-refractivity contribution is 0.0906. The van der Waals surface area contributed by atoms with E-state index >= 15 is 0 Å². The standard InChI is InChI=1S/C20H27N3OS/c1-16-8-9-19(25-16)12-22-20(21-2)23-11-10-18(13-23)15-24-14-17-6-4-3-5-7-17/h3-9,18H,10-15H2,1-2H3,(H,21,22). The molecule has 1 aromatic heterocycles. The van der Waals surface area contributed by atoms with Crippen molar-refractivity contribution in [2.24, 2.45) is 10.9 Å². The number of likely N-dealkylation sites (tertiary alicyclic amines) is 1. The minimum Gasteiger partial charge on any atom is -0.376 e. The van der Waals surface area contributed by atoms with E-state index in [1.54, 1.807) is 0 Å². The average Bonchev–Trinajstić information content (AvgIpc) is 3.26. The number of aliphatic imine (C=N–C) groups is 1. The normalized spacial score (nSPS) is 17.9. The van der Waals surface area contributed by atoms with Gasteiger partial charge < -0.3 is 15.0 Å². The summed E-state index contributed by atoms with van der Waals surface area (Å²) in [4.78, 5) is 9.49. The van der Waals surface area contributed by atoms with Gasteiger partial charge in [-0.2, -0.15) is 0 Å². The van der Waals surface area contributed by atoms with Crippen LogP contribution in [0.3, 0.4) is 0 Å². The number of hydrogen-bond acceptors (Lipinski definition) is 3.